The minimum Gasteiger partial charge on any atom is -0.307 e. The molecule has 0 saturated heterocycles. The number of hydrogen-bond donors (Lipinski definition) is 0. The zero-order valence-electron chi connectivity index (χ0n) is 23.9. The van der Waals surface area contributed by atoms with Crippen LogP contribution in [0.15, 0.2) is 140 Å². The Balaban J connectivity index is 1.38. The van der Waals surface area contributed by atoms with Crippen molar-refractivity contribution in [1.29, 1.82) is 0 Å². The lowest BCUT2D eigenvalue weighted by atomic mass is 10.1. The predicted octanol–water partition coefficient (Wildman–Crippen LogP) is 10.1. The SMILES string of the molecule is c1ccc(-c2nc(-n3c4ccccc4c4c3ccc3c5ccccc5n(-c5cccnc5)c34)nc3sc4ccccc4c23)cc1. The van der Waals surface area contributed by atoms with Gasteiger partial charge in [0.1, 0.15) is 4.83 Å². The minimum absolute atomic E-state index is 0.669. The zero-order valence-corrected chi connectivity index (χ0v) is 24.7. The van der Waals surface area contributed by atoms with Gasteiger partial charge in [0.25, 0.3) is 0 Å². The summed E-state index contributed by atoms with van der Waals surface area (Å²) in [6, 6.07) is 44.9. The Kier molecular flexibility index (Phi) is 5.09. The molecule has 0 aliphatic heterocycles. The first-order valence-electron chi connectivity index (χ1n) is 15.0. The van der Waals surface area contributed by atoms with E-state index in [0.29, 0.717) is 5.95 Å². The summed E-state index contributed by atoms with van der Waals surface area (Å²) >= 11 is 1.72. The van der Waals surface area contributed by atoms with Crippen LogP contribution in [0, 0.1) is 0 Å². The summed E-state index contributed by atoms with van der Waals surface area (Å²) in [6.45, 7) is 0. The highest BCUT2D eigenvalue weighted by Gasteiger charge is 2.23. The fourth-order valence-electron chi connectivity index (χ4n) is 7.00. The van der Waals surface area contributed by atoms with Crippen LogP contribution >= 0.6 is 11.3 Å². The first-order chi connectivity index (χ1) is 22.3. The van der Waals surface area contributed by atoms with Gasteiger partial charge in [-0.1, -0.05) is 91.0 Å². The summed E-state index contributed by atoms with van der Waals surface area (Å²) in [6.07, 6.45) is 3.76. The lowest BCUT2D eigenvalue weighted by Gasteiger charge is -2.11. The van der Waals surface area contributed by atoms with Crippen LogP contribution in [-0.2, 0) is 0 Å². The number of benzene rings is 5. The van der Waals surface area contributed by atoms with Crippen molar-refractivity contribution in [2.24, 2.45) is 0 Å². The highest BCUT2D eigenvalue weighted by atomic mass is 32.1. The van der Waals surface area contributed by atoms with Crippen molar-refractivity contribution in [3.63, 3.8) is 0 Å². The highest BCUT2D eigenvalue weighted by Crippen LogP contribution is 2.43. The second kappa shape index (κ2) is 9.32. The van der Waals surface area contributed by atoms with E-state index in [4.69, 9.17) is 9.97 Å². The average Bonchev–Trinajstić information content (AvgIpc) is 3.76. The van der Waals surface area contributed by atoms with Crippen LogP contribution in [-0.4, -0.2) is 24.1 Å². The van der Waals surface area contributed by atoms with Crippen LogP contribution in [0.2, 0.25) is 0 Å². The monoisotopic (exact) mass is 593 g/mol. The molecule has 45 heavy (non-hydrogen) atoms. The van der Waals surface area contributed by atoms with Crippen LogP contribution < -0.4 is 0 Å². The van der Waals surface area contributed by atoms with Crippen molar-refractivity contribution < 1.29 is 0 Å². The average molecular weight is 594 g/mol. The smallest absolute Gasteiger partial charge is 0.236 e. The quantitative estimate of drug-likeness (QED) is 0.205. The highest BCUT2D eigenvalue weighted by molar-refractivity contribution is 7.25. The van der Waals surface area contributed by atoms with E-state index in [2.05, 4.69) is 129 Å². The third-order valence-electron chi connectivity index (χ3n) is 8.85. The maximum atomic E-state index is 5.38. The number of pyridine rings is 1. The molecule has 10 rings (SSSR count). The molecule has 5 aromatic heterocycles. The Morgan fingerprint density at radius 3 is 2.07 bits per heavy atom. The Morgan fingerprint density at radius 2 is 1.24 bits per heavy atom. The lowest BCUT2D eigenvalue weighted by molar-refractivity contribution is 1.02. The number of para-hydroxylation sites is 2. The van der Waals surface area contributed by atoms with Crippen LogP contribution in [0.1, 0.15) is 0 Å². The molecule has 0 aliphatic rings. The van der Waals surface area contributed by atoms with Gasteiger partial charge in [0.15, 0.2) is 0 Å². The Hall–Kier alpha value is -5.85. The van der Waals surface area contributed by atoms with Gasteiger partial charge in [-0.25, -0.2) is 9.97 Å². The van der Waals surface area contributed by atoms with Crippen LogP contribution in [0.25, 0.3) is 86.8 Å². The molecule has 0 atom stereocenters. The Labute approximate surface area is 261 Å². The summed E-state index contributed by atoms with van der Waals surface area (Å²) in [5.41, 5.74) is 7.50. The molecule has 6 heteroatoms. The molecular formula is C39H23N5S. The van der Waals surface area contributed by atoms with Gasteiger partial charge in [0, 0.05) is 48.8 Å². The summed E-state index contributed by atoms with van der Waals surface area (Å²) in [5, 5.41) is 7.04. The van der Waals surface area contributed by atoms with Crippen LogP contribution in [0.5, 0.6) is 0 Å². The van der Waals surface area contributed by atoms with Crippen molar-refractivity contribution >= 4 is 75.3 Å². The fourth-order valence-corrected chi connectivity index (χ4v) is 8.07. The molecule has 0 unspecified atom stereocenters. The third kappa shape index (κ3) is 3.45. The predicted molar refractivity (Wildman–Crippen MR) is 187 cm³/mol. The van der Waals surface area contributed by atoms with Crippen molar-refractivity contribution in [2.75, 3.05) is 0 Å². The van der Waals surface area contributed by atoms with Gasteiger partial charge in [-0.05, 0) is 36.4 Å². The molecule has 0 spiro atoms. The molecule has 210 valence electrons. The number of rotatable bonds is 3. The summed E-state index contributed by atoms with van der Waals surface area (Å²) in [5.74, 6) is 0.669. The number of fused-ring (bicyclic) bond motifs is 10. The summed E-state index contributed by atoms with van der Waals surface area (Å²) in [7, 11) is 0. The van der Waals surface area contributed by atoms with Crippen molar-refractivity contribution in [2.45, 2.75) is 0 Å². The van der Waals surface area contributed by atoms with Gasteiger partial charge in [-0.15, -0.1) is 11.3 Å². The van der Waals surface area contributed by atoms with E-state index in [9.17, 15) is 0 Å². The van der Waals surface area contributed by atoms with E-state index in [-0.39, 0.29) is 0 Å². The number of aromatic nitrogens is 5. The topological polar surface area (TPSA) is 48.5 Å². The number of nitrogens with zero attached hydrogens (tertiary/aromatic N) is 5. The third-order valence-corrected chi connectivity index (χ3v) is 9.91. The summed E-state index contributed by atoms with van der Waals surface area (Å²) in [4.78, 5) is 16.2. The van der Waals surface area contributed by atoms with Crippen LogP contribution in [0.3, 0.4) is 0 Å². The summed E-state index contributed by atoms with van der Waals surface area (Å²) < 4.78 is 5.80. The molecule has 0 N–H and O–H groups in total. The second-order valence-corrected chi connectivity index (χ2v) is 12.3. The molecule has 0 saturated carbocycles. The maximum absolute atomic E-state index is 5.38. The second-order valence-electron chi connectivity index (χ2n) is 11.3. The molecule has 0 bridgehead atoms. The fraction of sp³-hybridized carbons (Fsp3) is 0. The largest absolute Gasteiger partial charge is 0.307 e. The first-order valence-corrected chi connectivity index (χ1v) is 15.8. The van der Waals surface area contributed by atoms with E-state index in [1.54, 1.807) is 11.3 Å². The van der Waals surface area contributed by atoms with Crippen molar-refractivity contribution in [1.82, 2.24) is 24.1 Å². The van der Waals surface area contributed by atoms with Gasteiger partial charge >= 0.3 is 0 Å². The van der Waals surface area contributed by atoms with E-state index < -0.39 is 0 Å². The first kappa shape index (κ1) is 24.6. The standard InChI is InChI=1S/C39H23N5S/c1-2-11-24(12-3-1)36-35-29-16-6-9-19-33(29)45-38(35)42-39(41-36)44-31-18-8-5-15-28(31)34-32(44)21-20-27-26-14-4-7-17-30(26)43(37(27)34)25-13-10-22-40-23-25/h1-23H. The number of hydrogen-bond acceptors (Lipinski definition) is 4. The van der Waals surface area contributed by atoms with Crippen LogP contribution in [0.4, 0.5) is 0 Å². The zero-order chi connectivity index (χ0) is 29.5. The molecule has 5 aromatic carbocycles. The molecule has 5 heterocycles. The van der Waals surface area contributed by atoms with Gasteiger partial charge in [0.2, 0.25) is 5.95 Å². The van der Waals surface area contributed by atoms with Gasteiger partial charge in [-0.2, -0.15) is 0 Å². The molecule has 0 radical (unpaired) electrons. The van der Waals surface area contributed by atoms with Gasteiger partial charge in [0.05, 0.1) is 39.6 Å². The number of thiophene rings is 1. The maximum Gasteiger partial charge on any atom is 0.236 e. The van der Waals surface area contributed by atoms with Gasteiger partial charge in [-0.3, -0.25) is 9.55 Å². The van der Waals surface area contributed by atoms with E-state index >= 15 is 0 Å². The molecule has 10 aromatic rings. The minimum atomic E-state index is 0.669. The molecular weight excluding hydrogens is 571 g/mol. The Bertz CT molecular complexity index is 2760. The lowest BCUT2D eigenvalue weighted by Crippen LogP contribution is -2.02. The molecule has 0 fully saturated rings. The van der Waals surface area contributed by atoms with E-state index in [0.717, 1.165) is 54.6 Å². The van der Waals surface area contributed by atoms with E-state index in [1.165, 1.54) is 26.2 Å². The Morgan fingerprint density at radius 1 is 0.511 bits per heavy atom. The van der Waals surface area contributed by atoms with Crippen molar-refractivity contribution in [3.05, 3.63) is 140 Å². The van der Waals surface area contributed by atoms with Crippen molar-refractivity contribution in [3.8, 4) is 22.9 Å². The van der Waals surface area contributed by atoms with Gasteiger partial charge < -0.3 is 4.57 Å². The molecule has 0 amide bonds. The molecule has 0 aliphatic carbocycles. The normalized spacial score (nSPS) is 12.0. The van der Waals surface area contributed by atoms with E-state index in [1.807, 2.05) is 24.5 Å². The molecule has 5 nitrogen and oxygen atoms in total.